The van der Waals surface area contributed by atoms with Crippen molar-refractivity contribution in [1.29, 1.82) is 0 Å². The highest BCUT2D eigenvalue weighted by Crippen LogP contribution is 2.44. The summed E-state index contributed by atoms with van der Waals surface area (Å²) in [5, 5.41) is 0. The van der Waals surface area contributed by atoms with E-state index in [2.05, 4.69) is 152 Å². The van der Waals surface area contributed by atoms with Gasteiger partial charge in [-0.25, -0.2) is 0 Å². The van der Waals surface area contributed by atoms with Gasteiger partial charge in [-0.2, -0.15) is 0 Å². The number of nitrogens with zero attached hydrogens (tertiary/aromatic N) is 3. The number of pyridine rings is 3. The predicted octanol–water partition coefficient (Wildman–Crippen LogP) is 14.9. The molecule has 0 radical (unpaired) electrons. The molecule has 0 fully saturated rings. The van der Waals surface area contributed by atoms with Crippen LogP contribution in [0.3, 0.4) is 0 Å². The monoisotopic (exact) mass is 795 g/mol. The highest BCUT2D eigenvalue weighted by molar-refractivity contribution is 5.95. The van der Waals surface area contributed by atoms with E-state index in [1.807, 2.05) is 79.3 Å². The number of benzene rings is 7. The molecule has 294 valence electrons. The summed E-state index contributed by atoms with van der Waals surface area (Å²) in [5.74, 6) is 0.760. The van der Waals surface area contributed by atoms with Crippen LogP contribution in [0.4, 0.5) is 0 Å². The van der Waals surface area contributed by atoms with Gasteiger partial charge in [-0.1, -0.05) is 176 Å². The van der Waals surface area contributed by atoms with Gasteiger partial charge >= 0.3 is 0 Å². The average molecular weight is 796 g/mol. The van der Waals surface area contributed by atoms with Crippen molar-refractivity contribution in [2.75, 3.05) is 7.11 Å². The Morgan fingerprint density at radius 2 is 0.597 bits per heavy atom. The fourth-order valence-corrected chi connectivity index (χ4v) is 8.28. The van der Waals surface area contributed by atoms with E-state index in [9.17, 15) is 0 Å². The van der Waals surface area contributed by atoms with Gasteiger partial charge in [-0.05, 0) is 80.4 Å². The predicted molar refractivity (Wildman–Crippen MR) is 255 cm³/mol. The quantitative estimate of drug-likeness (QED) is 0.138. The molecule has 4 nitrogen and oxygen atoms in total. The van der Waals surface area contributed by atoms with Gasteiger partial charge in [0.1, 0.15) is 5.75 Å². The summed E-state index contributed by atoms with van der Waals surface area (Å²) < 4.78 is 6.09. The van der Waals surface area contributed by atoms with E-state index in [4.69, 9.17) is 19.7 Å². The van der Waals surface area contributed by atoms with Crippen LogP contribution in [0.1, 0.15) is 0 Å². The molecule has 0 aliphatic heterocycles. The zero-order valence-corrected chi connectivity index (χ0v) is 34.2. The zero-order valence-electron chi connectivity index (χ0n) is 34.2. The molecule has 10 aromatic rings. The molecule has 0 spiro atoms. The Bertz CT molecular complexity index is 2980. The molecule has 0 aliphatic rings. The second-order valence-electron chi connectivity index (χ2n) is 15.2. The number of ether oxygens (including phenoxy) is 1. The first-order valence-electron chi connectivity index (χ1n) is 20.8. The molecule has 62 heavy (non-hydrogen) atoms. The summed E-state index contributed by atoms with van der Waals surface area (Å²) in [4.78, 5) is 14.8. The van der Waals surface area contributed by atoms with Crippen LogP contribution < -0.4 is 4.74 Å². The van der Waals surface area contributed by atoms with Crippen molar-refractivity contribution in [3.8, 4) is 106 Å². The largest absolute Gasteiger partial charge is 0.496 e. The van der Waals surface area contributed by atoms with Gasteiger partial charge in [0.05, 0.1) is 24.2 Å². The van der Waals surface area contributed by atoms with Gasteiger partial charge in [0, 0.05) is 58.0 Å². The maximum Gasteiger partial charge on any atom is 0.130 e. The van der Waals surface area contributed by atoms with Gasteiger partial charge < -0.3 is 4.74 Å². The highest BCUT2D eigenvalue weighted by Gasteiger charge is 2.18. The van der Waals surface area contributed by atoms with Crippen LogP contribution in [0, 0.1) is 0 Å². The number of hydrogen-bond donors (Lipinski definition) is 0. The second-order valence-corrected chi connectivity index (χ2v) is 15.2. The Kier molecular flexibility index (Phi) is 10.5. The van der Waals surface area contributed by atoms with E-state index in [1.54, 1.807) is 7.11 Å². The van der Waals surface area contributed by atoms with Gasteiger partial charge in [-0.15, -0.1) is 0 Å². The smallest absolute Gasteiger partial charge is 0.130 e. The van der Waals surface area contributed by atoms with Gasteiger partial charge in [0.15, 0.2) is 0 Å². The van der Waals surface area contributed by atoms with Gasteiger partial charge in [0.25, 0.3) is 0 Å². The molecule has 3 aromatic heterocycles. The van der Waals surface area contributed by atoms with Crippen LogP contribution in [-0.4, -0.2) is 22.1 Å². The first-order chi connectivity index (χ1) is 30.7. The van der Waals surface area contributed by atoms with Gasteiger partial charge in [0.2, 0.25) is 0 Å². The molecule has 10 rings (SSSR count). The molecule has 0 bridgehead atoms. The fourth-order valence-electron chi connectivity index (χ4n) is 8.28. The normalized spacial score (nSPS) is 11.0. The third-order valence-electron chi connectivity index (χ3n) is 11.4. The molecule has 0 atom stereocenters. The minimum Gasteiger partial charge on any atom is -0.496 e. The summed E-state index contributed by atoms with van der Waals surface area (Å²) in [7, 11) is 1.73. The topological polar surface area (TPSA) is 47.9 Å². The summed E-state index contributed by atoms with van der Waals surface area (Å²) >= 11 is 0. The van der Waals surface area contributed by atoms with Crippen LogP contribution in [0.2, 0.25) is 0 Å². The van der Waals surface area contributed by atoms with Crippen molar-refractivity contribution in [2.45, 2.75) is 0 Å². The lowest BCUT2D eigenvalue weighted by Gasteiger charge is -2.18. The summed E-state index contributed by atoms with van der Waals surface area (Å²) in [6.45, 7) is 0. The Morgan fingerprint density at radius 3 is 0.984 bits per heavy atom. The fraction of sp³-hybridized carbons (Fsp3) is 0.0172. The summed E-state index contributed by atoms with van der Waals surface area (Å²) in [6.07, 6.45) is 5.91. The number of hydrogen-bond acceptors (Lipinski definition) is 4. The SMILES string of the molecule is COc1cc(-c2ccccc2)ncc1-c1ccccc1-c1cc(-c2ccccc2-c2ccc(-c3ccccc3)nc2)cc(-c2ccccc2-c2ccc(-c3ccccc3)nc2)c1. The van der Waals surface area contributed by atoms with Crippen molar-refractivity contribution in [3.05, 3.63) is 231 Å². The average Bonchev–Trinajstić information content (AvgIpc) is 3.37. The van der Waals surface area contributed by atoms with E-state index in [0.717, 1.165) is 106 Å². The second kappa shape index (κ2) is 17.2. The Hall–Kier alpha value is -8.21. The molecule has 0 N–H and O–H groups in total. The standard InChI is InChI=1S/C58H41N3O/c1-62-58-36-57(42-21-9-4-10-22-42)61-39-54(58)53-28-16-15-27-52(53)47-34-45(50-25-13-11-23-48(50)43-29-31-55(59-37-43)40-17-5-2-6-18-40)33-46(35-47)51-26-14-12-24-49(51)44-30-32-56(60-38-44)41-19-7-3-8-20-41/h2-39H,1H3. The van der Waals surface area contributed by atoms with Crippen LogP contribution in [-0.2, 0) is 0 Å². The van der Waals surface area contributed by atoms with E-state index in [1.165, 1.54) is 0 Å². The van der Waals surface area contributed by atoms with Crippen molar-refractivity contribution in [1.82, 2.24) is 15.0 Å². The van der Waals surface area contributed by atoms with Crippen LogP contribution in [0.15, 0.2) is 231 Å². The molecule has 0 aliphatic carbocycles. The van der Waals surface area contributed by atoms with E-state index in [0.29, 0.717) is 0 Å². The van der Waals surface area contributed by atoms with Crippen LogP contribution in [0.25, 0.3) is 101 Å². The van der Waals surface area contributed by atoms with Crippen molar-refractivity contribution >= 4 is 0 Å². The molecule has 0 saturated heterocycles. The molecule has 3 heterocycles. The molecule has 0 unspecified atom stereocenters. The van der Waals surface area contributed by atoms with Crippen LogP contribution in [0.5, 0.6) is 5.75 Å². The number of aromatic nitrogens is 3. The lowest BCUT2D eigenvalue weighted by molar-refractivity contribution is 0.416. The zero-order chi connectivity index (χ0) is 41.7. The first kappa shape index (κ1) is 38.0. The summed E-state index contributed by atoms with van der Waals surface area (Å²) in [6, 6.07) is 74.1. The Balaban J connectivity index is 1.14. The Labute approximate surface area is 362 Å². The van der Waals surface area contributed by atoms with E-state index < -0.39 is 0 Å². The minimum atomic E-state index is 0.760. The molecule has 7 aromatic carbocycles. The Morgan fingerprint density at radius 1 is 0.258 bits per heavy atom. The van der Waals surface area contributed by atoms with Crippen molar-refractivity contribution in [3.63, 3.8) is 0 Å². The highest BCUT2D eigenvalue weighted by atomic mass is 16.5. The molecular weight excluding hydrogens is 755 g/mol. The van der Waals surface area contributed by atoms with Gasteiger partial charge in [-0.3, -0.25) is 15.0 Å². The van der Waals surface area contributed by atoms with E-state index in [-0.39, 0.29) is 0 Å². The third-order valence-corrected chi connectivity index (χ3v) is 11.4. The molecule has 4 heteroatoms. The first-order valence-corrected chi connectivity index (χ1v) is 20.8. The summed E-state index contributed by atoms with van der Waals surface area (Å²) in [5.41, 5.74) is 18.8. The lowest BCUT2D eigenvalue weighted by Crippen LogP contribution is -1.95. The van der Waals surface area contributed by atoms with Crippen molar-refractivity contribution in [2.24, 2.45) is 0 Å². The van der Waals surface area contributed by atoms with Crippen molar-refractivity contribution < 1.29 is 4.74 Å². The molecule has 0 amide bonds. The molecule has 0 saturated carbocycles. The number of methoxy groups -OCH3 is 1. The number of rotatable bonds is 10. The molecular formula is C58H41N3O. The maximum absolute atomic E-state index is 6.09. The maximum atomic E-state index is 6.09. The third kappa shape index (κ3) is 7.69. The lowest BCUT2D eigenvalue weighted by atomic mass is 9.86. The van der Waals surface area contributed by atoms with Crippen LogP contribution >= 0.6 is 0 Å². The minimum absolute atomic E-state index is 0.760. The van der Waals surface area contributed by atoms with E-state index >= 15 is 0 Å².